The SMILES string of the molecule is Cn1cccc1CNC(=O)C1(C#N)CCC1. The number of nitrogens with zero attached hydrogens (tertiary/aromatic N) is 2. The molecule has 1 amide bonds. The van der Waals surface area contributed by atoms with Crippen LogP contribution in [0.3, 0.4) is 0 Å². The molecule has 0 atom stereocenters. The van der Waals surface area contributed by atoms with Gasteiger partial charge in [0.15, 0.2) is 0 Å². The second-order valence-electron chi connectivity index (χ2n) is 4.34. The molecule has 1 N–H and O–H groups in total. The zero-order valence-corrected chi connectivity index (χ0v) is 9.36. The van der Waals surface area contributed by atoms with Crippen LogP contribution in [0, 0.1) is 16.7 Å². The molecule has 84 valence electrons. The number of hydrogen-bond acceptors (Lipinski definition) is 2. The molecular formula is C12H15N3O. The molecule has 0 radical (unpaired) electrons. The molecule has 2 rings (SSSR count). The van der Waals surface area contributed by atoms with E-state index in [0.29, 0.717) is 19.4 Å². The quantitative estimate of drug-likeness (QED) is 0.830. The van der Waals surface area contributed by atoms with Gasteiger partial charge in [-0.3, -0.25) is 4.79 Å². The minimum atomic E-state index is -0.745. The summed E-state index contributed by atoms with van der Waals surface area (Å²) in [5, 5.41) is 11.8. The van der Waals surface area contributed by atoms with Crippen molar-refractivity contribution in [1.82, 2.24) is 9.88 Å². The van der Waals surface area contributed by atoms with Gasteiger partial charge in [-0.2, -0.15) is 5.26 Å². The van der Waals surface area contributed by atoms with Crippen molar-refractivity contribution >= 4 is 5.91 Å². The summed E-state index contributed by atoms with van der Waals surface area (Å²) in [4.78, 5) is 11.8. The van der Waals surface area contributed by atoms with Gasteiger partial charge in [0.1, 0.15) is 5.41 Å². The summed E-state index contributed by atoms with van der Waals surface area (Å²) in [6.07, 6.45) is 4.31. The standard InChI is InChI=1S/C12H15N3O/c1-15-7-2-4-10(15)8-14-11(16)12(9-13)5-3-6-12/h2,4,7H,3,5-6,8H2,1H3,(H,14,16). The molecule has 1 aromatic heterocycles. The van der Waals surface area contributed by atoms with E-state index in [1.807, 2.05) is 29.9 Å². The highest BCUT2D eigenvalue weighted by atomic mass is 16.2. The maximum atomic E-state index is 11.8. The zero-order valence-electron chi connectivity index (χ0n) is 9.36. The van der Waals surface area contributed by atoms with Crippen LogP contribution in [0.25, 0.3) is 0 Å². The summed E-state index contributed by atoms with van der Waals surface area (Å²) in [6.45, 7) is 0.492. The van der Waals surface area contributed by atoms with Gasteiger partial charge in [-0.1, -0.05) is 0 Å². The van der Waals surface area contributed by atoms with Crippen molar-refractivity contribution in [3.05, 3.63) is 24.0 Å². The maximum Gasteiger partial charge on any atom is 0.240 e. The second kappa shape index (κ2) is 4.01. The lowest BCUT2D eigenvalue weighted by Gasteiger charge is -2.33. The summed E-state index contributed by atoms with van der Waals surface area (Å²) < 4.78 is 1.96. The molecule has 0 spiro atoms. The molecule has 0 aliphatic heterocycles. The van der Waals surface area contributed by atoms with Crippen molar-refractivity contribution in [1.29, 1.82) is 5.26 Å². The first kappa shape index (κ1) is 10.7. The van der Waals surface area contributed by atoms with Crippen LogP contribution in [0.15, 0.2) is 18.3 Å². The monoisotopic (exact) mass is 217 g/mol. The van der Waals surface area contributed by atoms with Crippen molar-refractivity contribution in [2.24, 2.45) is 12.5 Å². The van der Waals surface area contributed by atoms with Gasteiger partial charge < -0.3 is 9.88 Å². The third kappa shape index (κ3) is 1.69. The Morgan fingerprint density at radius 3 is 2.88 bits per heavy atom. The van der Waals surface area contributed by atoms with Gasteiger partial charge in [-0.25, -0.2) is 0 Å². The van der Waals surface area contributed by atoms with Gasteiger partial charge in [-0.05, 0) is 31.4 Å². The summed E-state index contributed by atoms with van der Waals surface area (Å²) in [5.41, 5.74) is 0.297. The highest BCUT2D eigenvalue weighted by Crippen LogP contribution is 2.40. The third-order valence-electron chi connectivity index (χ3n) is 3.34. The lowest BCUT2D eigenvalue weighted by Crippen LogP contribution is -2.44. The van der Waals surface area contributed by atoms with E-state index >= 15 is 0 Å². The number of nitrogens with one attached hydrogen (secondary N) is 1. The van der Waals surface area contributed by atoms with Gasteiger partial charge in [0.2, 0.25) is 5.91 Å². The number of carbonyl (C=O) groups excluding carboxylic acids is 1. The van der Waals surface area contributed by atoms with Gasteiger partial charge in [0.25, 0.3) is 0 Å². The summed E-state index contributed by atoms with van der Waals surface area (Å²) in [6, 6.07) is 6.03. The van der Waals surface area contributed by atoms with Crippen molar-refractivity contribution in [3.8, 4) is 6.07 Å². The fraction of sp³-hybridized carbons (Fsp3) is 0.500. The average Bonchev–Trinajstić information content (AvgIpc) is 2.60. The molecule has 16 heavy (non-hydrogen) atoms. The molecule has 4 heteroatoms. The van der Waals surface area contributed by atoms with E-state index in [2.05, 4.69) is 11.4 Å². The molecule has 1 fully saturated rings. The van der Waals surface area contributed by atoms with Crippen LogP contribution in [-0.2, 0) is 18.4 Å². The highest BCUT2D eigenvalue weighted by Gasteiger charge is 2.44. The van der Waals surface area contributed by atoms with E-state index < -0.39 is 5.41 Å². The molecular weight excluding hydrogens is 202 g/mol. The van der Waals surface area contributed by atoms with Gasteiger partial charge in [0, 0.05) is 18.9 Å². The molecule has 0 bridgehead atoms. The molecule has 1 saturated carbocycles. The Kier molecular flexibility index (Phi) is 2.69. The zero-order chi connectivity index (χ0) is 11.6. The van der Waals surface area contributed by atoms with Crippen LogP contribution < -0.4 is 5.32 Å². The van der Waals surface area contributed by atoms with Crippen molar-refractivity contribution in [2.45, 2.75) is 25.8 Å². The van der Waals surface area contributed by atoms with Gasteiger partial charge in [0.05, 0.1) is 12.6 Å². The number of aryl methyl sites for hydroxylation is 1. The number of rotatable bonds is 3. The van der Waals surface area contributed by atoms with Crippen LogP contribution >= 0.6 is 0 Å². The van der Waals surface area contributed by atoms with Crippen LogP contribution in [0.5, 0.6) is 0 Å². The molecule has 1 aliphatic rings. The van der Waals surface area contributed by atoms with E-state index in [-0.39, 0.29) is 5.91 Å². The number of hydrogen-bond donors (Lipinski definition) is 1. The Morgan fingerprint density at radius 1 is 1.69 bits per heavy atom. The molecule has 1 aliphatic carbocycles. The molecule has 4 nitrogen and oxygen atoms in total. The summed E-state index contributed by atoms with van der Waals surface area (Å²) in [7, 11) is 1.94. The molecule has 0 saturated heterocycles. The second-order valence-corrected chi connectivity index (χ2v) is 4.34. The topological polar surface area (TPSA) is 57.8 Å². The predicted octanol–water partition coefficient (Wildman–Crippen LogP) is 1.34. The number of amides is 1. The van der Waals surface area contributed by atoms with Crippen LogP contribution in [-0.4, -0.2) is 10.5 Å². The third-order valence-corrected chi connectivity index (χ3v) is 3.34. The molecule has 0 aromatic carbocycles. The van der Waals surface area contributed by atoms with Crippen LogP contribution in [0.2, 0.25) is 0 Å². The average molecular weight is 217 g/mol. The van der Waals surface area contributed by atoms with E-state index in [1.54, 1.807) is 0 Å². The van der Waals surface area contributed by atoms with Crippen molar-refractivity contribution < 1.29 is 4.79 Å². The first-order valence-electron chi connectivity index (χ1n) is 5.48. The van der Waals surface area contributed by atoms with E-state index in [9.17, 15) is 4.79 Å². The van der Waals surface area contributed by atoms with Crippen LogP contribution in [0.1, 0.15) is 25.0 Å². The van der Waals surface area contributed by atoms with Gasteiger partial charge in [-0.15, -0.1) is 0 Å². The Balaban J connectivity index is 1.94. The fourth-order valence-electron chi connectivity index (χ4n) is 1.94. The predicted molar refractivity (Wildman–Crippen MR) is 59.2 cm³/mol. The Hall–Kier alpha value is -1.76. The van der Waals surface area contributed by atoms with E-state index in [1.165, 1.54) is 0 Å². The Bertz CT molecular complexity index is 437. The van der Waals surface area contributed by atoms with Gasteiger partial charge >= 0.3 is 0 Å². The largest absolute Gasteiger partial charge is 0.353 e. The number of nitriles is 1. The molecule has 0 unspecified atom stereocenters. The lowest BCUT2D eigenvalue weighted by molar-refractivity contribution is -0.131. The normalized spacial score (nSPS) is 17.2. The first-order valence-corrected chi connectivity index (χ1v) is 5.48. The molecule has 1 heterocycles. The molecule has 1 aromatic rings. The smallest absolute Gasteiger partial charge is 0.240 e. The minimum Gasteiger partial charge on any atom is -0.353 e. The number of aromatic nitrogens is 1. The Morgan fingerprint density at radius 2 is 2.44 bits per heavy atom. The first-order chi connectivity index (χ1) is 7.68. The number of carbonyl (C=O) groups is 1. The Labute approximate surface area is 94.9 Å². The maximum absolute atomic E-state index is 11.8. The fourth-order valence-corrected chi connectivity index (χ4v) is 1.94. The summed E-state index contributed by atoms with van der Waals surface area (Å²) in [5.74, 6) is -0.123. The minimum absolute atomic E-state index is 0.123. The van der Waals surface area contributed by atoms with E-state index in [0.717, 1.165) is 12.1 Å². The van der Waals surface area contributed by atoms with Crippen molar-refractivity contribution in [3.63, 3.8) is 0 Å². The van der Waals surface area contributed by atoms with Crippen molar-refractivity contribution in [2.75, 3.05) is 0 Å². The lowest BCUT2D eigenvalue weighted by atomic mass is 9.69. The summed E-state index contributed by atoms with van der Waals surface area (Å²) >= 11 is 0. The highest BCUT2D eigenvalue weighted by molar-refractivity contribution is 5.86. The van der Waals surface area contributed by atoms with Crippen LogP contribution in [0.4, 0.5) is 0 Å². The van der Waals surface area contributed by atoms with E-state index in [4.69, 9.17) is 5.26 Å².